The zero-order valence-electron chi connectivity index (χ0n) is 12.0. The Balaban J connectivity index is 1.55. The number of carbonyl (C=O) groups excluding carboxylic acids is 1. The van der Waals surface area contributed by atoms with Crippen LogP contribution in [0.5, 0.6) is 11.5 Å². The second-order valence-electron chi connectivity index (χ2n) is 5.87. The normalized spacial score (nSPS) is 23.4. The number of fused-ring (bicyclic) bond motifs is 1. The van der Waals surface area contributed by atoms with Crippen LogP contribution in [0.15, 0.2) is 24.3 Å². The van der Waals surface area contributed by atoms with Gasteiger partial charge in [-0.05, 0) is 25.0 Å². The molecule has 1 aromatic rings. The van der Waals surface area contributed by atoms with Crippen LogP contribution < -0.4 is 14.8 Å². The zero-order chi connectivity index (χ0) is 14.7. The van der Waals surface area contributed by atoms with Gasteiger partial charge in [-0.3, -0.25) is 4.79 Å². The summed E-state index contributed by atoms with van der Waals surface area (Å²) in [4.78, 5) is 12.2. The molecule has 2 aliphatic rings. The van der Waals surface area contributed by atoms with E-state index in [1.54, 1.807) is 6.07 Å². The Morgan fingerprint density at radius 1 is 1.24 bits per heavy atom. The van der Waals surface area contributed by atoms with Crippen molar-refractivity contribution in [1.82, 2.24) is 5.32 Å². The molecule has 5 heteroatoms. The van der Waals surface area contributed by atoms with E-state index in [1.807, 2.05) is 18.2 Å². The van der Waals surface area contributed by atoms with Crippen LogP contribution in [0.4, 0.5) is 0 Å². The lowest BCUT2D eigenvalue weighted by Crippen LogP contribution is -2.50. The van der Waals surface area contributed by atoms with Crippen LogP contribution in [0.3, 0.4) is 0 Å². The zero-order valence-corrected chi connectivity index (χ0v) is 12.0. The lowest BCUT2D eigenvalue weighted by Gasteiger charge is -2.33. The number of amides is 1. The molecule has 5 nitrogen and oxygen atoms in total. The van der Waals surface area contributed by atoms with E-state index in [0.29, 0.717) is 11.5 Å². The van der Waals surface area contributed by atoms with E-state index in [0.717, 1.165) is 32.1 Å². The Hall–Kier alpha value is -1.75. The Bertz CT molecular complexity index is 511. The molecule has 1 fully saturated rings. The Labute approximate surface area is 124 Å². The van der Waals surface area contributed by atoms with Crippen molar-refractivity contribution in [1.29, 1.82) is 0 Å². The van der Waals surface area contributed by atoms with Gasteiger partial charge in [0.1, 0.15) is 6.61 Å². The second kappa shape index (κ2) is 5.93. The van der Waals surface area contributed by atoms with Crippen LogP contribution in [0.25, 0.3) is 0 Å². The van der Waals surface area contributed by atoms with Crippen molar-refractivity contribution in [2.24, 2.45) is 0 Å². The number of rotatable bonds is 3. The minimum atomic E-state index is -0.763. The first-order valence-electron chi connectivity index (χ1n) is 7.55. The largest absolute Gasteiger partial charge is 0.485 e. The van der Waals surface area contributed by atoms with Gasteiger partial charge in [-0.2, -0.15) is 0 Å². The van der Waals surface area contributed by atoms with Crippen molar-refractivity contribution in [3.8, 4) is 11.5 Å². The van der Waals surface area contributed by atoms with E-state index in [2.05, 4.69) is 5.32 Å². The number of aliphatic hydroxyl groups is 1. The molecule has 3 rings (SSSR count). The molecule has 1 aliphatic heterocycles. The predicted octanol–water partition coefficient (Wildman–Crippen LogP) is 1.64. The molecule has 1 saturated carbocycles. The summed E-state index contributed by atoms with van der Waals surface area (Å²) in [6.45, 7) is 0.481. The van der Waals surface area contributed by atoms with Crippen molar-refractivity contribution in [2.45, 2.75) is 43.8 Å². The number of nitrogens with one attached hydrogen (secondary N) is 1. The highest BCUT2D eigenvalue weighted by Gasteiger charge is 2.32. The summed E-state index contributed by atoms with van der Waals surface area (Å²) in [6.07, 6.45) is 4.03. The molecular weight excluding hydrogens is 270 g/mol. The Morgan fingerprint density at radius 2 is 1.95 bits per heavy atom. The Morgan fingerprint density at radius 3 is 2.71 bits per heavy atom. The first kappa shape index (κ1) is 14.2. The average Bonchev–Trinajstić information content (AvgIpc) is 2.53. The summed E-state index contributed by atoms with van der Waals surface area (Å²) in [5.74, 6) is 1.01. The van der Waals surface area contributed by atoms with Crippen LogP contribution in [0, 0.1) is 0 Å². The molecule has 1 amide bonds. The predicted molar refractivity (Wildman–Crippen MR) is 77.4 cm³/mol. The van der Waals surface area contributed by atoms with E-state index in [1.165, 1.54) is 0 Å². The fraction of sp³-hybridized carbons (Fsp3) is 0.562. The molecule has 0 bridgehead atoms. The highest BCUT2D eigenvalue weighted by atomic mass is 16.6. The van der Waals surface area contributed by atoms with Crippen LogP contribution in [-0.2, 0) is 4.79 Å². The maximum absolute atomic E-state index is 12.2. The molecule has 1 heterocycles. The minimum absolute atomic E-state index is 0.196. The van der Waals surface area contributed by atoms with Gasteiger partial charge in [0, 0.05) is 6.54 Å². The number of para-hydroxylation sites is 2. The molecule has 0 aromatic heterocycles. The van der Waals surface area contributed by atoms with Gasteiger partial charge >= 0.3 is 0 Å². The van der Waals surface area contributed by atoms with Gasteiger partial charge in [-0.15, -0.1) is 0 Å². The van der Waals surface area contributed by atoms with Crippen molar-refractivity contribution in [3.63, 3.8) is 0 Å². The van der Waals surface area contributed by atoms with E-state index in [4.69, 9.17) is 9.47 Å². The van der Waals surface area contributed by atoms with Crippen LogP contribution >= 0.6 is 0 Å². The number of ether oxygens (including phenoxy) is 2. The molecule has 1 atom stereocenters. The van der Waals surface area contributed by atoms with Gasteiger partial charge in [0.15, 0.2) is 11.5 Å². The second-order valence-corrected chi connectivity index (χ2v) is 5.87. The summed E-state index contributed by atoms with van der Waals surface area (Å²) in [6, 6.07) is 7.30. The van der Waals surface area contributed by atoms with E-state index >= 15 is 0 Å². The van der Waals surface area contributed by atoms with Crippen molar-refractivity contribution in [3.05, 3.63) is 24.3 Å². The fourth-order valence-electron chi connectivity index (χ4n) is 2.90. The van der Waals surface area contributed by atoms with E-state index in [-0.39, 0.29) is 19.1 Å². The molecular formula is C16H21NO4. The summed E-state index contributed by atoms with van der Waals surface area (Å²) < 4.78 is 11.2. The summed E-state index contributed by atoms with van der Waals surface area (Å²) in [7, 11) is 0. The monoisotopic (exact) mass is 291 g/mol. The fourth-order valence-corrected chi connectivity index (χ4v) is 2.90. The van der Waals surface area contributed by atoms with Crippen LogP contribution in [-0.4, -0.2) is 35.9 Å². The highest BCUT2D eigenvalue weighted by Crippen LogP contribution is 2.31. The lowest BCUT2D eigenvalue weighted by molar-refractivity contribution is -0.132. The molecule has 114 valence electrons. The van der Waals surface area contributed by atoms with Crippen LogP contribution in [0.2, 0.25) is 0 Å². The third-order valence-electron chi connectivity index (χ3n) is 4.18. The molecule has 0 spiro atoms. The van der Waals surface area contributed by atoms with Gasteiger partial charge < -0.3 is 19.9 Å². The van der Waals surface area contributed by atoms with E-state index in [9.17, 15) is 9.90 Å². The number of carbonyl (C=O) groups is 1. The molecule has 1 aliphatic carbocycles. The minimum Gasteiger partial charge on any atom is -0.485 e. The smallest absolute Gasteiger partial charge is 0.264 e. The number of benzene rings is 1. The molecule has 0 saturated heterocycles. The van der Waals surface area contributed by atoms with Gasteiger partial charge in [0.2, 0.25) is 6.10 Å². The quantitative estimate of drug-likeness (QED) is 0.888. The standard InChI is InChI=1S/C16H21NO4/c18-15(17-11-16(19)8-4-1-5-9-16)14-10-20-12-6-2-3-7-13(12)21-14/h2-3,6-7,14,19H,1,4-5,8-11H2,(H,17,18). The summed E-state index contributed by atoms with van der Waals surface area (Å²) in [5, 5.41) is 13.2. The molecule has 21 heavy (non-hydrogen) atoms. The molecule has 1 unspecified atom stereocenters. The van der Waals surface area contributed by atoms with Gasteiger partial charge in [-0.1, -0.05) is 31.4 Å². The summed E-state index contributed by atoms with van der Waals surface area (Å²) in [5.41, 5.74) is -0.763. The topological polar surface area (TPSA) is 67.8 Å². The lowest BCUT2D eigenvalue weighted by atomic mass is 9.85. The molecule has 2 N–H and O–H groups in total. The number of hydrogen-bond acceptors (Lipinski definition) is 4. The molecule has 0 radical (unpaired) electrons. The summed E-state index contributed by atoms with van der Waals surface area (Å²) >= 11 is 0. The first-order chi connectivity index (χ1) is 10.2. The van der Waals surface area contributed by atoms with E-state index < -0.39 is 11.7 Å². The van der Waals surface area contributed by atoms with Gasteiger partial charge in [-0.25, -0.2) is 0 Å². The number of hydrogen-bond donors (Lipinski definition) is 2. The SMILES string of the molecule is O=C(NCC1(O)CCCCC1)C1COc2ccccc2O1. The highest BCUT2D eigenvalue weighted by molar-refractivity contribution is 5.81. The maximum Gasteiger partial charge on any atom is 0.264 e. The molecule has 1 aromatic carbocycles. The first-order valence-corrected chi connectivity index (χ1v) is 7.55. The van der Waals surface area contributed by atoms with Crippen molar-refractivity contribution < 1.29 is 19.4 Å². The third-order valence-corrected chi connectivity index (χ3v) is 4.18. The van der Waals surface area contributed by atoms with Crippen LogP contribution in [0.1, 0.15) is 32.1 Å². The van der Waals surface area contributed by atoms with Crippen molar-refractivity contribution in [2.75, 3.05) is 13.2 Å². The van der Waals surface area contributed by atoms with Crippen molar-refractivity contribution >= 4 is 5.91 Å². The Kier molecular flexibility index (Phi) is 4.01. The average molecular weight is 291 g/mol. The van der Waals surface area contributed by atoms with Gasteiger partial charge in [0.25, 0.3) is 5.91 Å². The van der Waals surface area contributed by atoms with Gasteiger partial charge in [0.05, 0.1) is 5.60 Å². The maximum atomic E-state index is 12.2. The third kappa shape index (κ3) is 3.29.